The number of anilines is 1. The Balaban J connectivity index is 1.59. The monoisotopic (exact) mass is 330 g/mol. The molecule has 2 atom stereocenters. The van der Waals surface area contributed by atoms with Gasteiger partial charge in [0.25, 0.3) is 0 Å². The number of amides is 1. The lowest BCUT2D eigenvalue weighted by molar-refractivity contribution is -0.117. The second kappa shape index (κ2) is 6.88. The first-order valence-corrected chi connectivity index (χ1v) is 7.75. The van der Waals surface area contributed by atoms with Crippen LogP contribution in [0.2, 0.25) is 0 Å². The van der Waals surface area contributed by atoms with Gasteiger partial charge in [0.1, 0.15) is 5.82 Å². The smallest absolute Gasteiger partial charge is 0.241 e. The molecule has 6 heteroatoms. The van der Waals surface area contributed by atoms with Crippen molar-refractivity contribution in [2.24, 2.45) is 0 Å². The maximum absolute atomic E-state index is 13.0. The summed E-state index contributed by atoms with van der Waals surface area (Å²) in [5.74, 6) is 0.847. The Morgan fingerprint density at radius 3 is 2.54 bits per heavy atom. The molecule has 2 unspecified atom stereocenters. The van der Waals surface area contributed by atoms with E-state index in [1.165, 1.54) is 12.1 Å². The second-order valence-electron chi connectivity index (χ2n) is 5.72. The summed E-state index contributed by atoms with van der Waals surface area (Å²) in [6.45, 7) is 3.90. The van der Waals surface area contributed by atoms with Gasteiger partial charge in [0.05, 0.1) is 6.04 Å². The molecule has 0 aromatic heterocycles. The number of hydrogen-bond acceptors (Lipinski definition) is 4. The van der Waals surface area contributed by atoms with Crippen LogP contribution in [0, 0.1) is 5.82 Å². The van der Waals surface area contributed by atoms with Crippen molar-refractivity contribution in [3.8, 4) is 11.5 Å². The highest BCUT2D eigenvalue weighted by Gasteiger charge is 2.18. The van der Waals surface area contributed by atoms with Crippen LogP contribution in [-0.4, -0.2) is 18.7 Å². The minimum atomic E-state index is -0.421. The number of carbonyl (C=O) groups is 1. The third-order valence-electron chi connectivity index (χ3n) is 3.90. The first-order chi connectivity index (χ1) is 11.5. The second-order valence-corrected chi connectivity index (χ2v) is 5.72. The van der Waals surface area contributed by atoms with Gasteiger partial charge in [-0.05, 0) is 43.7 Å². The molecule has 1 aliphatic heterocycles. The highest BCUT2D eigenvalue weighted by Crippen LogP contribution is 2.34. The highest BCUT2D eigenvalue weighted by molar-refractivity contribution is 5.94. The summed E-state index contributed by atoms with van der Waals surface area (Å²) >= 11 is 0. The zero-order valence-corrected chi connectivity index (χ0v) is 13.5. The largest absolute Gasteiger partial charge is 0.454 e. The quantitative estimate of drug-likeness (QED) is 0.884. The molecule has 0 aliphatic carbocycles. The molecule has 0 spiro atoms. The summed E-state index contributed by atoms with van der Waals surface area (Å²) in [7, 11) is 0. The van der Waals surface area contributed by atoms with E-state index in [1.54, 1.807) is 37.3 Å². The zero-order chi connectivity index (χ0) is 17.1. The van der Waals surface area contributed by atoms with Gasteiger partial charge in [-0.3, -0.25) is 10.1 Å². The van der Waals surface area contributed by atoms with E-state index in [2.05, 4.69) is 10.6 Å². The van der Waals surface area contributed by atoms with E-state index in [-0.39, 0.29) is 24.6 Å². The van der Waals surface area contributed by atoms with Crippen LogP contribution >= 0.6 is 0 Å². The predicted molar refractivity (Wildman–Crippen MR) is 88.6 cm³/mol. The fraction of sp³-hybridized carbons (Fsp3) is 0.278. The summed E-state index contributed by atoms with van der Waals surface area (Å²) in [5, 5.41) is 6.04. The van der Waals surface area contributed by atoms with Crippen LogP contribution in [0.1, 0.15) is 25.5 Å². The summed E-state index contributed by atoms with van der Waals surface area (Å²) < 4.78 is 23.5. The van der Waals surface area contributed by atoms with Crippen molar-refractivity contribution in [1.82, 2.24) is 5.32 Å². The molecule has 0 bridgehead atoms. The molecule has 1 aliphatic rings. The molecule has 5 nitrogen and oxygen atoms in total. The van der Waals surface area contributed by atoms with Gasteiger partial charge in [-0.25, -0.2) is 4.39 Å². The van der Waals surface area contributed by atoms with Gasteiger partial charge >= 0.3 is 0 Å². The lowest BCUT2D eigenvalue weighted by atomic mass is 10.1. The van der Waals surface area contributed by atoms with Crippen LogP contribution in [0.15, 0.2) is 42.5 Å². The summed E-state index contributed by atoms with van der Waals surface area (Å²) in [4.78, 5) is 12.3. The van der Waals surface area contributed by atoms with E-state index in [9.17, 15) is 9.18 Å². The molecule has 0 radical (unpaired) electrons. The van der Waals surface area contributed by atoms with E-state index < -0.39 is 6.04 Å². The number of hydrogen-bond donors (Lipinski definition) is 2. The fourth-order valence-electron chi connectivity index (χ4n) is 2.52. The molecular weight excluding hydrogens is 311 g/mol. The molecule has 2 aromatic carbocycles. The number of fused-ring (bicyclic) bond motifs is 1. The molecule has 24 heavy (non-hydrogen) atoms. The molecular formula is C18H19FN2O3. The Morgan fingerprint density at radius 2 is 1.79 bits per heavy atom. The Hall–Kier alpha value is -2.60. The zero-order valence-electron chi connectivity index (χ0n) is 13.5. The van der Waals surface area contributed by atoms with Crippen molar-refractivity contribution in [2.75, 3.05) is 12.1 Å². The van der Waals surface area contributed by atoms with Crippen LogP contribution < -0.4 is 20.1 Å². The Labute approximate surface area is 139 Å². The van der Waals surface area contributed by atoms with Gasteiger partial charge in [-0.1, -0.05) is 12.1 Å². The first-order valence-electron chi connectivity index (χ1n) is 7.75. The van der Waals surface area contributed by atoms with Crippen molar-refractivity contribution in [1.29, 1.82) is 0 Å². The van der Waals surface area contributed by atoms with Crippen LogP contribution in [0.5, 0.6) is 11.5 Å². The molecule has 0 saturated heterocycles. The SMILES string of the molecule is CC(NC(C)c1ccc(F)cc1)C(=O)Nc1ccc2c(c1)OCO2. The first kappa shape index (κ1) is 16.3. The Morgan fingerprint density at radius 1 is 1.08 bits per heavy atom. The van der Waals surface area contributed by atoms with Gasteiger partial charge in [0.2, 0.25) is 12.7 Å². The maximum Gasteiger partial charge on any atom is 0.241 e. The van der Waals surface area contributed by atoms with E-state index in [0.29, 0.717) is 17.2 Å². The fourth-order valence-corrected chi connectivity index (χ4v) is 2.52. The minimum absolute atomic E-state index is 0.0805. The van der Waals surface area contributed by atoms with Gasteiger partial charge in [0.15, 0.2) is 11.5 Å². The molecule has 126 valence electrons. The summed E-state index contributed by atoms with van der Waals surface area (Å²) in [6, 6.07) is 11.0. The van der Waals surface area contributed by atoms with Crippen LogP contribution in [0.25, 0.3) is 0 Å². The number of benzene rings is 2. The summed E-state index contributed by atoms with van der Waals surface area (Å²) in [6.07, 6.45) is 0. The third-order valence-corrected chi connectivity index (χ3v) is 3.90. The minimum Gasteiger partial charge on any atom is -0.454 e. The summed E-state index contributed by atoms with van der Waals surface area (Å²) in [5.41, 5.74) is 1.56. The van der Waals surface area contributed by atoms with Gasteiger partial charge in [0, 0.05) is 17.8 Å². The van der Waals surface area contributed by atoms with Crippen LogP contribution in [0.3, 0.4) is 0 Å². The van der Waals surface area contributed by atoms with E-state index >= 15 is 0 Å². The topological polar surface area (TPSA) is 59.6 Å². The van der Waals surface area contributed by atoms with E-state index in [4.69, 9.17) is 9.47 Å². The van der Waals surface area contributed by atoms with Crippen molar-refractivity contribution in [2.45, 2.75) is 25.9 Å². The number of halogens is 1. The average Bonchev–Trinajstić information content (AvgIpc) is 3.03. The van der Waals surface area contributed by atoms with Gasteiger partial charge in [-0.2, -0.15) is 0 Å². The van der Waals surface area contributed by atoms with Crippen molar-refractivity contribution >= 4 is 11.6 Å². The van der Waals surface area contributed by atoms with Crippen LogP contribution in [-0.2, 0) is 4.79 Å². The normalized spacial score (nSPS) is 15.0. The number of rotatable bonds is 5. The molecule has 3 rings (SSSR count). The third kappa shape index (κ3) is 3.65. The Kier molecular flexibility index (Phi) is 4.66. The van der Waals surface area contributed by atoms with Crippen molar-refractivity contribution < 1.29 is 18.7 Å². The molecule has 1 amide bonds. The maximum atomic E-state index is 13.0. The molecule has 2 N–H and O–H groups in total. The molecule has 0 saturated carbocycles. The average molecular weight is 330 g/mol. The van der Waals surface area contributed by atoms with E-state index in [0.717, 1.165) is 5.56 Å². The van der Waals surface area contributed by atoms with Gasteiger partial charge < -0.3 is 14.8 Å². The Bertz CT molecular complexity index is 734. The highest BCUT2D eigenvalue weighted by atomic mass is 19.1. The molecule has 1 heterocycles. The van der Waals surface area contributed by atoms with Crippen LogP contribution in [0.4, 0.5) is 10.1 Å². The van der Waals surface area contributed by atoms with Crippen molar-refractivity contribution in [3.63, 3.8) is 0 Å². The molecule has 0 fully saturated rings. The van der Waals surface area contributed by atoms with Crippen molar-refractivity contribution in [3.05, 3.63) is 53.8 Å². The number of ether oxygens (including phenoxy) is 2. The predicted octanol–water partition coefficient (Wildman–Crippen LogP) is 3.23. The molecule has 2 aromatic rings. The lowest BCUT2D eigenvalue weighted by Gasteiger charge is -2.20. The van der Waals surface area contributed by atoms with E-state index in [1.807, 2.05) is 6.92 Å². The lowest BCUT2D eigenvalue weighted by Crippen LogP contribution is -2.39. The standard InChI is InChI=1S/C18H19FN2O3/c1-11(13-3-5-14(19)6-4-13)20-12(2)18(22)21-15-7-8-16-17(9-15)24-10-23-16/h3-9,11-12,20H,10H2,1-2H3,(H,21,22). The number of nitrogens with one attached hydrogen (secondary N) is 2. The van der Waals surface area contributed by atoms with Gasteiger partial charge in [-0.15, -0.1) is 0 Å². The number of carbonyl (C=O) groups excluding carboxylic acids is 1.